The van der Waals surface area contributed by atoms with Crippen molar-refractivity contribution in [2.75, 3.05) is 10.6 Å². The van der Waals surface area contributed by atoms with Crippen LogP contribution in [0.2, 0.25) is 0 Å². The van der Waals surface area contributed by atoms with Crippen LogP contribution in [-0.2, 0) is 34.6 Å². The molecule has 2 N–H and O–H groups in total. The van der Waals surface area contributed by atoms with Crippen molar-refractivity contribution in [2.45, 2.75) is 53.4 Å². The molecule has 0 atom stereocenters. The smallest absolute Gasteiger partial charge is 0.373 e. The summed E-state index contributed by atoms with van der Waals surface area (Å²) in [6, 6.07) is 22.6. The fraction of sp³-hybridized carbons (Fsp3) is 0.227. The predicted molar refractivity (Wildman–Crippen MR) is 199 cm³/mol. The van der Waals surface area contributed by atoms with E-state index in [1.165, 1.54) is 12.1 Å². The quantitative estimate of drug-likeness (QED) is 0.107. The standard InChI is InChI=1S/2C17H16F2NO.2C5H5.Ti/c2*1-11(2)9-12-5-3-4-6-14(12)17(21)20-16-8-7-13(18)10-15(16)19;2*1-2-4-5-3-1;/h2*3-8,11H,9H2,1-2H3,(H,20,21);2*1-3H,4H2;/q4*-1;+4. The van der Waals surface area contributed by atoms with Gasteiger partial charge in [0.25, 0.3) is 0 Å². The molecule has 9 heteroatoms. The molecule has 272 valence electrons. The zero-order valence-electron chi connectivity index (χ0n) is 30.2. The van der Waals surface area contributed by atoms with Crippen LogP contribution in [0.5, 0.6) is 0 Å². The number of carbonyl (C=O) groups is 2. The first-order chi connectivity index (χ1) is 24.9. The van der Waals surface area contributed by atoms with Crippen molar-refractivity contribution < 1.29 is 48.9 Å². The Hall–Kier alpha value is -4.79. The van der Waals surface area contributed by atoms with E-state index in [9.17, 15) is 27.2 Å². The Morgan fingerprint density at radius 1 is 0.604 bits per heavy atom. The summed E-state index contributed by atoms with van der Waals surface area (Å²) in [6.45, 7) is 8.24. The molecule has 0 bridgehead atoms. The Labute approximate surface area is 325 Å². The third kappa shape index (κ3) is 16.2. The Morgan fingerprint density at radius 3 is 1.26 bits per heavy atom. The summed E-state index contributed by atoms with van der Waals surface area (Å²) in [7, 11) is 0. The summed E-state index contributed by atoms with van der Waals surface area (Å²) in [6.07, 6.45) is 21.5. The molecule has 0 heterocycles. The maximum Gasteiger partial charge on any atom is 4.00 e. The third-order valence-corrected chi connectivity index (χ3v) is 7.17. The van der Waals surface area contributed by atoms with Crippen molar-refractivity contribution >= 4 is 23.2 Å². The summed E-state index contributed by atoms with van der Waals surface area (Å²) in [5.74, 6) is -3.45. The molecule has 0 radical (unpaired) electrons. The molecular formula is C44H42F4N2O2Ti. The molecule has 2 aliphatic rings. The van der Waals surface area contributed by atoms with Gasteiger partial charge in [0.2, 0.25) is 11.8 Å². The van der Waals surface area contributed by atoms with Crippen LogP contribution in [0.4, 0.5) is 28.9 Å². The summed E-state index contributed by atoms with van der Waals surface area (Å²) in [5, 5.41) is 4.91. The Morgan fingerprint density at radius 2 is 0.981 bits per heavy atom. The fourth-order valence-electron chi connectivity index (χ4n) is 4.86. The summed E-state index contributed by atoms with van der Waals surface area (Å²) >= 11 is 0. The monoisotopic (exact) mass is 754 g/mol. The third-order valence-electron chi connectivity index (χ3n) is 7.17. The number of allylic oxidation sites excluding steroid dienone is 8. The summed E-state index contributed by atoms with van der Waals surface area (Å²) < 4.78 is 52.7. The van der Waals surface area contributed by atoms with E-state index < -0.39 is 35.1 Å². The molecule has 0 spiro atoms. The van der Waals surface area contributed by atoms with E-state index in [4.69, 9.17) is 0 Å². The Balaban J connectivity index is 0.000000285. The van der Waals surface area contributed by atoms with Gasteiger partial charge in [0.15, 0.2) is 0 Å². The molecule has 2 amide bonds. The second kappa shape index (κ2) is 23.7. The minimum Gasteiger partial charge on any atom is -0.373 e. The molecule has 4 nitrogen and oxygen atoms in total. The topological polar surface area (TPSA) is 58.2 Å². The summed E-state index contributed by atoms with van der Waals surface area (Å²) in [4.78, 5) is 24.5. The van der Waals surface area contributed by atoms with Gasteiger partial charge in [-0.05, 0) is 59.3 Å². The van der Waals surface area contributed by atoms with Gasteiger partial charge in [0.1, 0.15) is 0 Å². The predicted octanol–water partition coefficient (Wildman–Crippen LogP) is 11.0. The second-order valence-corrected chi connectivity index (χ2v) is 12.5. The van der Waals surface area contributed by atoms with Crippen molar-refractivity contribution in [2.24, 2.45) is 11.8 Å². The van der Waals surface area contributed by atoms with Gasteiger partial charge >= 0.3 is 21.7 Å². The van der Waals surface area contributed by atoms with Gasteiger partial charge in [-0.3, -0.25) is 21.7 Å². The number of nitrogens with one attached hydrogen (secondary N) is 2. The first-order valence-electron chi connectivity index (χ1n) is 16.9. The van der Waals surface area contributed by atoms with E-state index in [-0.39, 0.29) is 33.1 Å². The molecular weight excluding hydrogens is 712 g/mol. The molecule has 53 heavy (non-hydrogen) atoms. The van der Waals surface area contributed by atoms with E-state index in [1.807, 2.05) is 60.7 Å². The Kier molecular flexibility index (Phi) is 19.9. The average molecular weight is 755 g/mol. The second-order valence-electron chi connectivity index (χ2n) is 12.5. The molecule has 4 aromatic carbocycles. The molecule has 2 aliphatic carbocycles. The van der Waals surface area contributed by atoms with Crippen LogP contribution in [0.3, 0.4) is 0 Å². The zero-order chi connectivity index (χ0) is 37.9. The van der Waals surface area contributed by atoms with Crippen LogP contribution in [0.25, 0.3) is 0 Å². The molecule has 0 saturated heterocycles. The number of carbonyl (C=O) groups excluding carboxylic acids is 2. The largest absolute Gasteiger partial charge is 4.00 e. The van der Waals surface area contributed by atoms with Gasteiger partial charge in [-0.25, -0.2) is 41.9 Å². The van der Waals surface area contributed by atoms with Gasteiger partial charge in [0, 0.05) is 34.4 Å². The van der Waals surface area contributed by atoms with Crippen LogP contribution < -0.4 is 10.6 Å². The van der Waals surface area contributed by atoms with E-state index >= 15 is 0 Å². The van der Waals surface area contributed by atoms with E-state index in [1.54, 1.807) is 24.3 Å². The first kappa shape index (κ1) is 44.4. The number of hydrogen-bond donors (Lipinski definition) is 2. The maximum absolute atomic E-state index is 13.5. The van der Waals surface area contributed by atoms with Crippen LogP contribution in [0.1, 0.15) is 72.4 Å². The molecule has 0 fully saturated rings. The number of halogens is 4. The normalized spacial score (nSPS) is 11.8. The number of benzene rings is 4. The minimum atomic E-state index is -0.912. The first-order valence-corrected chi connectivity index (χ1v) is 16.9. The van der Waals surface area contributed by atoms with E-state index in [0.717, 1.165) is 48.9 Å². The van der Waals surface area contributed by atoms with Crippen molar-refractivity contribution in [1.82, 2.24) is 0 Å². The van der Waals surface area contributed by atoms with Crippen molar-refractivity contribution in [3.05, 3.63) is 179 Å². The van der Waals surface area contributed by atoms with Crippen molar-refractivity contribution in [1.29, 1.82) is 0 Å². The van der Waals surface area contributed by atoms with Gasteiger partial charge in [0.05, 0.1) is 0 Å². The van der Waals surface area contributed by atoms with Crippen molar-refractivity contribution in [3.8, 4) is 0 Å². The van der Waals surface area contributed by atoms with Crippen LogP contribution in [0.15, 0.2) is 109 Å². The SMILES string of the molecule is CC(C)Cc1ccccc1C(=O)Nc1ccc(F)[c-]c1F.CC(C)Cc1ccccc1C(=O)Nc1ccc(F)[c-]c1F.[C-]1=CC=CC1.[C-]1=CC=CC1.[Ti+4]. The molecule has 0 saturated carbocycles. The molecule has 4 aromatic rings. The Bertz CT molecular complexity index is 1740. The number of amides is 2. The number of rotatable bonds is 8. The van der Waals surface area contributed by atoms with Gasteiger partial charge < -0.3 is 10.6 Å². The van der Waals surface area contributed by atoms with E-state index in [2.05, 4.69) is 62.6 Å². The van der Waals surface area contributed by atoms with Crippen LogP contribution >= 0.6 is 0 Å². The zero-order valence-corrected chi connectivity index (χ0v) is 31.8. The molecule has 6 rings (SSSR count). The molecule has 0 unspecified atom stereocenters. The number of anilines is 2. The number of hydrogen-bond acceptors (Lipinski definition) is 2. The van der Waals surface area contributed by atoms with Crippen molar-refractivity contribution in [3.63, 3.8) is 0 Å². The van der Waals surface area contributed by atoms with Crippen LogP contribution in [0, 0.1) is 59.4 Å². The van der Waals surface area contributed by atoms with Gasteiger partial charge in [-0.2, -0.15) is 12.2 Å². The average Bonchev–Trinajstić information content (AvgIpc) is 3.88. The van der Waals surface area contributed by atoms with E-state index in [0.29, 0.717) is 23.0 Å². The molecule has 0 aromatic heterocycles. The van der Waals surface area contributed by atoms with Gasteiger partial charge in [-0.1, -0.05) is 64.1 Å². The molecule has 0 aliphatic heterocycles. The fourth-order valence-corrected chi connectivity index (χ4v) is 4.86. The minimum absolute atomic E-state index is 0. The maximum atomic E-state index is 13.5. The van der Waals surface area contributed by atoms with Gasteiger partial charge in [-0.15, -0.1) is 49.2 Å². The summed E-state index contributed by atoms with van der Waals surface area (Å²) in [5.41, 5.74) is 2.62. The van der Waals surface area contributed by atoms with Crippen LogP contribution in [-0.4, -0.2) is 11.8 Å².